The molecule has 1 aromatic carbocycles. The summed E-state index contributed by atoms with van der Waals surface area (Å²) in [5.41, 5.74) is 0.326. The number of methoxy groups -OCH3 is 1. The Morgan fingerprint density at radius 2 is 1.89 bits per heavy atom. The number of hydrogen-bond acceptors (Lipinski definition) is 3. The smallest absolute Gasteiger partial charge is 0.323 e. The molecule has 1 aromatic rings. The quantitative estimate of drug-likeness (QED) is 0.307. The maximum Gasteiger partial charge on any atom is 0.323 e. The second-order valence-electron chi connectivity index (χ2n) is 6.41. The first-order valence-electron chi connectivity index (χ1n) is 8.80. The third-order valence-electron chi connectivity index (χ3n) is 4.63. The highest BCUT2D eigenvalue weighted by molar-refractivity contribution is 14.1. The van der Waals surface area contributed by atoms with Crippen molar-refractivity contribution >= 4 is 46.0 Å². The molecule has 154 valence electrons. The van der Waals surface area contributed by atoms with Crippen molar-refractivity contribution in [3.05, 3.63) is 40.9 Å². The summed E-state index contributed by atoms with van der Waals surface area (Å²) in [5.74, 6) is 0.279. The number of nitrogens with zero attached hydrogens (tertiary/aromatic N) is 2. The zero-order valence-corrected chi connectivity index (χ0v) is 18.4. The van der Waals surface area contributed by atoms with Gasteiger partial charge in [-0.2, -0.15) is 8.78 Å². The molecule has 28 heavy (non-hydrogen) atoms. The summed E-state index contributed by atoms with van der Waals surface area (Å²) in [6.07, 6.45) is 2.47. The molecule has 0 spiro atoms. The van der Waals surface area contributed by atoms with Crippen LogP contribution in [0.3, 0.4) is 0 Å². The lowest BCUT2D eigenvalue weighted by Gasteiger charge is -2.34. The van der Waals surface area contributed by atoms with E-state index in [0.717, 1.165) is 22.6 Å². The summed E-state index contributed by atoms with van der Waals surface area (Å²) < 4.78 is 29.6. The summed E-state index contributed by atoms with van der Waals surface area (Å²) in [6, 6.07) is 2.73. The van der Waals surface area contributed by atoms with E-state index in [1.54, 1.807) is 9.80 Å². The predicted molar refractivity (Wildman–Crippen MR) is 112 cm³/mol. The number of piperazine rings is 1. The van der Waals surface area contributed by atoms with E-state index < -0.39 is 3.93 Å². The number of hydrogen-bond donors (Lipinski definition) is 0. The van der Waals surface area contributed by atoms with Gasteiger partial charge >= 0.3 is 3.93 Å². The van der Waals surface area contributed by atoms with E-state index in [4.69, 9.17) is 16.3 Å². The van der Waals surface area contributed by atoms with Crippen LogP contribution in [0.15, 0.2) is 24.8 Å². The van der Waals surface area contributed by atoms with Gasteiger partial charge in [0.2, 0.25) is 11.8 Å². The van der Waals surface area contributed by atoms with Crippen LogP contribution < -0.4 is 4.74 Å². The Morgan fingerprint density at radius 1 is 1.29 bits per heavy atom. The highest BCUT2D eigenvalue weighted by Gasteiger charge is 2.31. The minimum absolute atomic E-state index is 0.0157. The molecule has 0 atom stereocenters. The van der Waals surface area contributed by atoms with Crippen molar-refractivity contribution in [1.82, 2.24) is 9.80 Å². The monoisotopic (exact) mass is 526 g/mol. The van der Waals surface area contributed by atoms with Gasteiger partial charge in [0.05, 0.1) is 17.7 Å². The predicted octanol–water partition coefficient (Wildman–Crippen LogP) is 4.01. The van der Waals surface area contributed by atoms with Gasteiger partial charge in [0.15, 0.2) is 0 Å². The van der Waals surface area contributed by atoms with Gasteiger partial charge in [0, 0.05) is 55.2 Å². The molecule has 1 saturated heterocycles. The van der Waals surface area contributed by atoms with Gasteiger partial charge < -0.3 is 14.5 Å². The van der Waals surface area contributed by atoms with E-state index in [2.05, 4.69) is 6.58 Å². The summed E-state index contributed by atoms with van der Waals surface area (Å²) in [6.45, 7) is 5.39. The number of aryl methyl sites for hydroxylation is 1. The molecule has 2 amide bonds. The second-order valence-corrected chi connectivity index (χ2v) is 8.17. The van der Waals surface area contributed by atoms with Crippen molar-refractivity contribution in [1.29, 1.82) is 0 Å². The lowest BCUT2D eigenvalue weighted by Crippen LogP contribution is -2.50. The Hall–Kier alpha value is -1.42. The minimum atomic E-state index is -3.09. The number of ether oxygens (including phenoxy) is 1. The Morgan fingerprint density at radius 3 is 2.43 bits per heavy atom. The van der Waals surface area contributed by atoms with Crippen LogP contribution in [0.1, 0.15) is 24.0 Å². The number of rotatable bonds is 7. The van der Waals surface area contributed by atoms with E-state index in [0.29, 0.717) is 50.3 Å². The van der Waals surface area contributed by atoms with Crippen molar-refractivity contribution in [3.63, 3.8) is 0 Å². The molecule has 2 rings (SSSR count). The summed E-state index contributed by atoms with van der Waals surface area (Å²) in [5, 5.41) is -0.0528. The first-order chi connectivity index (χ1) is 13.2. The van der Waals surface area contributed by atoms with Gasteiger partial charge in [0.1, 0.15) is 5.75 Å². The van der Waals surface area contributed by atoms with Gasteiger partial charge in [-0.25, -0.2) is 0 Å². The highest BCUT2D eigenvalue weighted by atomic mass is 127. The van der Waals surface area contributed by atoms with E-state index in [-0.39, 0.29) is 28.8 Å². The van der Waals surface area contributed by atoms with Crippen LogP contribution in [0.5, 0.6) is 5.75 Å². The van der Waals surface area contributed by atoms with Gasteiger partial charge in [-0.1, -0.05) is 18.2 Å². The van der Waals surface area contributed by atoms with Crippen LogP contribution in [-0.2, 0) is 19.9 Å². The summed E-state index contributed by atoms with van der Waals surface area (Å²) in [7, 11) is 1.45. The van der Waals surface area contributed by atoms with Crippen LogP contribution in [0.25, 0.3) is 0 Å². The number of benzene rings is 1. The summed E-state index contributed by atoms with van der Waals surface area (Å²) in [4.78, 5) is 27.4. The number of halogens is 4. The SMILES string of the molecule is C=CC(=O)N1CCN(C(=O)CCCc2cc(C(F)(F)I)c(Cl)cc2OC)CC1. The average molecular weight is 527 g/mol. The van der Waals surface area contributed by atoms with Crippen LogP contribution in [-0.4, -0.2) is 54.9 Å². The zero-order chi connectivity index (χ0) is 20.9. The molecular formula is C19H22ClF2IN2O3. The maximum atomic E-state index is 13.7. The van der Waals surface area contributed by atoms with Crippen LogP contribution >= 0.6 is 34.2 Å². The Bertz CT molecular complexity index is 747. The van der Waals surface area contributed by atoms with Crippen molar-refractivity contribution in [2.45, 2.75) is 23.2 Å². The standard InChI is InChI=1S/C19H22ClF2IN2O3/c1-3-17(26)24-7-9-25(10-8-24)18(27)6-4-5-13-11-14(19(21,22)23)15(20)12-16(13)28-2/h3,11-12H,1,4-10H2,2H3. The topological polar surface area (TPSA) is 49.9 Å². The van der Waals surface area contributed by atoms with Gasteiger partial charge in [-0.15, -0.1) is 0 Å². The third-order valence-corrected chi connectivity index (χ3v) is 5.52. The molecule has 0 aliphatic carbocycles. The Balaban J connectivity index is 1.93. The zero-order valence-electron chi connectivity index (χ0n) is 15.5. The lowest BCUT2D eigenvalue weighted by atomic mass is 10.0. The van der Waals surface area contributed by atoms with Crippen molar-refractivity contribution in [2.75, 3.05) is 33.3 Å². The molecule has 1 heterocycles. The molecule has 9 heteroatoms. The maximum absolute atomic E-state index is 13.7. The van der Waals surface area contributed by atoms with Crippen molar-refractivity contribution in [3.8, 4) is 5.75 Å². The molecule has 0 saturated carbocycles. The van der Waals surface area contributed by atoms with E-state index in [9.17, 15) is 18.4 Å². The fraction of sp³-hybridized carbons (Fsp3) is 0.474. The van der Waals surface area contributed by atoms with E-state index in [1.165, 1.54) is 25.3 Å². The number of carbonyl (C=O) groups excluding carboxylic acids is 2. The lowest BCUT2D eigenvalue weighted by molar-refractivity contribution is -0.137. The molecule has 0 unspecified atom stereocenters. The molecule has 1 aliphatic heterocycles. The fourth-order valence-corrected chi connectivity index (χ4v) is 3.97. The molecule has 0 aromatic heterocycles. The third kappa shape index (κ3) is 5.79. The van der Waals surface area contributed by atoms with Gasteiger partial charge in [-0.3, -0.25) is 9.59 Å². The Kier molecular flexibility index (Phi) is 8.06. The largest absolute Gasteiger partial charge is 0.496 e. The number of amides is 2. The molecule has 0 radical (unpaired) electrons. The van der Waals surface area contributed by atoms with Gasteiger partial charge in [0.25, 0.3) is 0 Å². The molecule has 5 nitrogen and oxygen atoms in total. The molecule has 1 fully saturated rings. The normalized spacial score (nSPS) is 14.8. The first-order valence-corrected chi connectivity index (χ1v) is 10.3. The molecule has 0 bridgehead atoms. The number of carbonyl (C=O) groups is 2. The Labute approximate surface area is 181 Å². The molecule has 0 N–H and O–H groups in total. The van der Waals surface area contributed by atoms with Crippen molar-refractivity contribution < 1.29 is 23.1 Å². The molecular weight excluding hydrogens is 505 g/mol. The minimum Gasteiger partial charge on any atom is -0.496 e. The number of alkyl halides is 3. The van der Waals surface area contributed by atoms with Crippen LogP contribution in [0, 0.1) is 0 Å². The molecule has 1 aliphatic rings. The highest BCUT2D eigenvalue weighted by Crippen LogP contribution is 2.42. The van der Waals surface area contributed by atoms with Gasteiger partial charge in [-0.05, 0) is 36.6 Å². The van der Waals surface area contributed by atoms with E-state index >= 15 is 0 Å². The fourth-order valence-electron chi connectivity index (χ4n) is 3.10. The van der Waals surface area contributed by atoms with Crippen molar-refractivity contribution in [2.24, 2.45) is 0 Å². The second kappa shape index (κ2) is 9.87. The first kappa shape index (κ1) is 22.9. The average Bonchev–Trinajstić information content (AvgIpc) is 2.67. The van der Waals surface area contributed by atoms with Crippen LogP contribution in [0.4, 0.5) is 8.78 Å². The van der Waals surface area contributed by atoms with E-state index in [1.807, 2.05) is 0 Å². The van der Waals surface area contributed by atoms with Crippen LogP contribution in [0.2, 0.25) is 5.02 Å². The summed E-state index contributed by atoms with van der Waals surface area (Å²) >= 11 is 6.98.